The van der Waals surface area contributed by atoms with Gasteiger partial charge in [-0.3, -0.25) is 9.52 Å². The van der Waals surface area contributed by atoms with Gasteiger partial charge in [-0.05, 0) is 56.1 Å². The Morgan fingerprint density at radius 2 is 1.67 bits per heavy atom. The van der Waals surface area contributed by atoms with Gasteiger partial charge in [-0.15, -0.1) is 0 Å². The van der Waals surface area contributed by atoms with Crippen molar-refractivity contribution in [1.82, 2.24) is 0 Å². The van der Waals surface area contributed by atoms with Crippen LogP contribution in [0.15, 0.2) is 53.4 Å². The Balaban J connectivity index is 2.03. The average molecular weight is 390 g/mol. The topological polar surface area (TPSA) is 101 Å². The highest BCUT2D eigenvalue weighted by Gasteiger charge is 2.18. The van der Waals surface area contributed by atoms with Gasteiger partial charge in [0.25, 0.3) is 10.0 Å². The fourth-order valence-corrected chi connectivity index (χ4v) is 4.02. The Hall–Kier alpha value is -2.38. The Labute approximate surface area is 161 Å². The van der Waals surface area contributed by atoms with Gasteiger partial charge in [0, 0.05) is 17.8 Å². The summed E-state index contributed by atoms with van der Waals surface area (Å²) in [6, 6.07) is 13.6. The maximum absolute atomic E-state index is 12.7. The lowest BCUT2D eigenvalue weighted by molar-refractivity contribution is -0.116. The van der Waals surface area contributed by atoms with E-state index in [1.54, 1.807) is 43.3 Å². The van der Waals surface area contributed by atoms with E-state index in [-0.39, 0.29) is 10.8 Å². The van der Waals surface area contributed by atoms with E-state index in [0.717, 1.165) is 25.7 Å². The molecule has 146 valence electrons. The highest BCUT2D eigenvalue weighted by atomic mass is 32.2. The van der Waals surface area contributed by atoms with Crippen LogP contribution in [0.2, 0.25) is 0 Å². The van der Waals surface area contributed by atoms with Crippen molar-refractivity contribution in [1.29, 1.82) is 0 Å². The predicted molar refractivity (Wildman–Crippen MR) is 109 cm³/mol. The number of carbonyl (C=O) groups is 1. The van der Waals surface area contributed by atoms with E-state index in [1.165, 1.54) is 6.07 Å². The zero-order valence-electron chi connectivity index (χ0n) is 15.6. The van der Waals surface area contributed by atoms with Crippen LogP contribution in [0.25, 0.3) is 0 Å². The Kier molecular flexibility index (Phi) is 7.82. The molecule has 2 rings (SSSR count). The number of nitrogens with two attached hydrogens (primary N) is 1. The molecule has 0 bridgehead atoms. The normalized spacial score (nSPS) is 11.2. The molecule has 2 aromatic carbocycles. The van der Waals surface area contributed by atoms with Gasteiger partial charge in [0.2, 0.25) is 5.91 Å². The second kappa shape index (κ2) is 10.1. The molecule has 0 saturated heterocycles. The number of rotatable bonds is 10. The van der Waals surface area contributed by atoms with Crippen molar-refractivity contribution in [3.05, 3.63) is 54.1 Å². The summed E-state index contributed by atoms with van der Waals surface area (Å²) in [5.74, 6) is -0.119. The van der Waals surface area contributed by atoms with Crippen molar-refractivity contribution in [3.63, 3.8) is 0 Å². The molecule has 0 heterocycles. The van der Waals surface area contributed by atoms with E-state index in [1.807, 2.05) is 6.07 Å². The molecular weight excluding hydrogens is 362 g/mol. The van der Waals surface area contributed by atoms with Gasteiger partial charge >= 0.3 is 0 Å². The molecule has 4 N–H and O–H groups in total. The van der Waals surface area contributed by atoms with Crippen LogP contribution in [-0.4, -0.2) is 20.9 Å². The third kappa shape index (κ3) is 6.69. The molecule has 0 unspecified atom stereocenters. The minimum absolute atomic E-state index is 0.119. The van der Waals surface area contributed by atoms with Crippen LogP contribution >= 0.6 is 0 Å². The van der Waals surface area contributed by atoms with Crippen LogP contribution < -0.4 is 15.8 Å². The first-order valence-electron chi connectivity index (χ1n) is 9.11. The zero-order valence-corrected chi connectivity index (χ0v) is 16.4. The van der Waals surface area contributed by atoms with Crippen molar-refractivity contribution < 1.29 is 13.2 Å². The fourth-order valence-electron chi connectivity index (χ4n) is 2.69. The number of carbonyl (C=O) groups excluding carboxylic acids is 1. The Morgan fingerprint density at radius 1 is 0.963 bits per heavy atom. The van der Waals surface area contributed by atoms with Crippen LogP contribution in [0.4, 0.5) is 11.4 Å². The van der Waals surface area contributed by atoms with Crippen molar-refractivity contribution in [2.45, 2.75) is 43.9 Å². The molecule has 0 aliphatic carbocycles. The third-order valence-electron chi connectivity index (χ3n) is 4.15. The SMILES string of the molecule is Cc1ccc(NC(=O)CCCCCCN)cc1S(=O)(=O)Nc1ccccc1. The zero-order chi connectivity index (χ0) is 19.7. The smallest absolute Gasteiger partial charge is 0.262 e. The summed E-state index contributed by atoms with van der Waals surface area (Å²) in [5.41, 5.74) is 7.02. The van der Waals surface area contributed by atoms with E-state index in [4.69, 9.17) is 5.73 Å². The van der Waals surface area contributed by atoms with E-state index in [9.17, 15) is 13.2 Å². The number of nitrogens with one attached hydrogen (secondary N) is 2. The number of unbranched alkanes of at least 4 members (excludes halogenated alkanes) is 3. The van der Waals surface area contributed by atoms with Crippen LogP contribution in [0.1, 0.15) is 37.7 Å². The molecule has 0 fully saturated rings. The van der Waals surface area contributed by atoms with E-state index >= 15 is 0 Å². The van der Waals surface area contributed by atoms with Gasteiger partial charge < -0.3 is 11.1 Å². The minimum atomic E-state index is -3.74. The van der Waals surface area contributed by atoms with Crippen molar-refractivity contribution >= 4 is 27.3 Å². The van der Waals surface area contributed by atoms with Crippen LogP contribution in [-0.2, 0) is 14.8 Å². The average Bonchev–Trinajstić information content (AvgIpc) is 2.63. The van der Waals surface area contributed by atoms with Crippen LogP contribution in [0.3, 0.4) is 0 Å². The summed E-state index contributed by atoms with van der Waals surface area (Å²) in [5, 5.41) is 2.78. The summed E-state index contributed by atoms with van der Waals surface area (Å²) < 4.78 is 28.0. The van der Waals surface area contributed by atoms with E-state index in [0.29, 0.717) is 29.9 Å². The fraction of sp³-hybridized carbons (Fsp3) is 0.350. The molecule has 6 nitrogen and oxygen atoms in total. The predicted octanol–water partition coefficient (Wildman–Crippen LogP) is 3.64. The number of anilines is 2. The standard InChI is InChI=1S/C20H27N3O3S/c1-16-12-13-18(22-20(24)11-7-2-3-8-14-21)15-19(16)27(25,26)23-17-9-5-4-6-10-17/h4-6,9-10,12-13,15,23H,2-3,7-8,11,14,21H2,1H3,(H,22,24). The third-order valence-corrected chi connectivity index (χ3v) is 5.67. The summed E-state index contributed by atoms with van der Waals surface area (Å²) in [6.07, 6.45) is 4.14. The van der Waals surface area contributed by atoms with Gasteiger partial charge in [-0.1, -0.05) is 37.1 Å². The molecule has 0 aliphatic rings. The minimum Gasteiger partial charge on any atom is -0.330 e. The number of hydrogen-bond donors (Lipinski definition) is 3. The van der Waals surface area contributed by atoms with Gasteiger partial charge in [-0.2, -0.15) is 0 Å². The molecule has 0 aromatic heterocycles. The molecule has 1 amide bonds. The summed E-state index contributed by atoms with van der Waals surface area (Å²) in [4.78, 5) is 12.2. The van der Waals surface area contributed by atoms with Crippen LogP contribution in [0.5, 0.6) is 0 Å². The molecule has 7 heteroatoms. The molecule has 0 spiro atoms. The van der Waals surface area contributed by atoms with Gasteiger partial charge in [-0.25, -0.2) is 8.42 Å². The summed E-state index contributed by atoms with van der Waals surface area (Å²) >= 11 is 0. The number of amides is 1. The first kappa shape index (κ1) is 20.9. The Morgan fingerprint density at radius 3 is 2.37 bits per heavy atom. The molecular formula is C20H27N3O3S. The first-order chi connectivity index (χ1) is 12.9. The highest BCUT2D eigenvalue weighted by molar-refractivity contribution is 7.92. The number of benzene rings is 2. The first-order valence-corrected chi connectivity index (χ1v) is 10.6. The molecule has 0 aliphatic heterocycles. The highest BCUT2D eigenvalue weighted by Crippen LogP contribution is 2.23. The summed E-state index contributed by atoms with van der Waals surface area (Å²) in [6.45, 7) is 2.40. The molecule has 0 radical (unpaired) electrons. The maximum Gasteiger partial charge on any atom is 0.262 e. The summed E-state index contributed by atoms with van der Waals surface area (Å²) in [7, 11) is -3.74. The van der Waals surface area contributed by atoms with E-state index in [2.05, 4.69) is 10.0 Å². The monoisotopic (exact) mass is 389 g/mol. The van der Waals surface area contributed by atoms with Gasteiger partial charge in [0.05, 0.1) is 4.90 Å². The van der Waals surface area contributed by atoms with Gasteiger partial charge in [0.15, 0.2) is 0 Å². The number of para-hydroxylation sites is 1. The van der Waals surface area contributed by atoms with Crippen LogP contribution in [0, 0.1) is 6.92 Å². The largest absolute Gasteiger partial charge is 0.330 e. The Bertz CT molecular complexity index is 852. The second-order valence-corrected chi connectivity index (χ2v) is 8.10. The van der Waals surface area contributed by atoms with E-state index < -0.39 is 10.0 Å². The maximum atomic E-state index is 12.7. The number of hydrogen-bond acceptors (Lipinski definition) is 4. The second-order valence-electron chi connectivity index (χ2n) is 6.45. The number of aryl methyl sites for hydroxylation is 1. The molecule has 27 heavy (non-hydrogen) atoms. The lowest BCUT2D eigenvalue weighted by atomic mass is 10.1. The van der Waals surface area contributed by atoms with Crippen molar-refractivity contribution in [2.75, 3.05) is 16.6 Å². The molecule has 2 aromatic rings. The van der Waals surface area contributed by atoms with Gasteiger partial charge in [0.1, 0.15) is 0 Å². The lowest BCUT2D eigenvalue weighted by Gasteiger charge is -2.13. The van der Waals surface area contributed by atoms with Crippen molar-refractivity contribution in [2.24, 2.45) is 5.73 Å². The van der Waals surface area contributed by atoms with Crippen molar-refractivity contribution in [3.8, 4) is 0 Å². The molecule has 0 saturated carbocycles. The lowest BCUT2D eigenvalue weighted by Crippen LogP contribution is -2.16. The molecule has 0 atom stereocenters. The number of sulfonamides is 1. The quantitative estimate of drug-likeness (QED) is 0.540.